The highest BCUT2D eigenvalue weighted by Gasteiger charge is 2.40. The third-order valence-corrected chi connectivity index (χ3v) is 5.78. The molecule has 3 rings (SSSR count). The standard InChI is InChI=1S/C18H31N5O.2ClH/c1-13-20-14(2)23(21-13)12-15-7-6-10-22(11-15)17(24)16-8-4-5-9-18(16,3)19;;/h15-16H,4-12,19H2,1-3H3;2*1H. The van der Waals surface area contributed by atoms with Crippen LogP contribution < -0.4 is 5.73 Å². The highest BCUT2D eigenvalue weighted by Crippen LogP contribution is 2.34. The minimum atomic E-state index is -0.345. The molecule has 0 bridgehead atoms. The van der Waals surface area contributed by atoms with E-state index in [4.69, 9.17) is 5.73 Å². The first kappa shape index (κ1) is 23.2. The van der Waals surface area contributed by atoms with Crippen LogP contribution in [0, 0.1) is 25.7 Å². The van der Waals surface area contributed by atoms with Gasteiger partial charge in [-0.15, -0.1) is 24.8 Å². The van der Waals surface area contributed by atoms with Crippen LogP contribution in [0.2, 0.25) is 0 Å². The van der Waals surface area contributed by atoms with E-state index < -0.39 is 0 Å². The fourth-order valence-electron chi connectivity index (χ4n) is 4.38. The first-order valence-corrected chi connectivity index (χ1v) is 9.32. The number of hydrogen-bond acceptors (Lipinski definition) is 4. The molecular formula is C18H33Cl2N5O. The van der Waals surface area contributed by atoms with Gasteiger partial charge < -0.3 is 10.6 Å². The van der Waals surface area contributed by atoms with Crippen molar-refractivity contribution in [2.45, 2.75) is 71.4 Å². The van der Waals surface area contributed by atoms with Crippen molar-refractivity contribution < 1.29 is 4.79 Å². The van der Waals surface area contributed by atoms with Crippen LogP contribution in [0.1, 0.15) is 57.1 Å². The molecule has 0 aromatic carbocycles. The molecule has 1 saturated carbocycles. The van der Waals surface area contributed by atoms with Gasteiger partial charge in [-0.3, -0.25) is 4.79 Å². The average molecular weight is 406 g/mol. The molecule has 6 nitrogen and oxygen atoms in total. The number of likely N-dealkylation sites (tertiary alicyclic amines) is 1. The Morgan fingerprint density at radius 1 is 1.23 bits per heavy atom. The van der Waals surface area contributed by atoms with E-state index in [0.717, 1.165) is 69.8 Å². The van der Waals surface area contributed by atoms with Crippen LogP contribution in [0.3, 0.4) is 0 Å². The molecule has 0 radical (unpaired) electrons. The number of aryl methyl sites for hydroxylation is 2. The maximum Gasteiger partial charge on any atom is 0.227 e. The zero-order valence-corrected chi connectivity index (χ0v) is 17.7. The van der Waals surface area contributed by atoms with Crippen molar-refractivity contribution in [1.29, 1.82) is 0 Å². The summed E-state index contributed by atoms with van der Waals surface area (Å²) in [4.78, 5) is 19.5. The molecule has 2 aliphatic rings. The van der Waals surface area contributed by atoms with Gasteiger partial charge in [0.15, 0.2) is 0 Å². The molecule has 26 heavy (non-hydrogen) atoms. The first-order valence-electron chi connectivity index (χ1n) is 9.32. The van der Waals surface area contributed by atoms with Gasteiger partial charge in [-0.25, -0.2) is 9.67 Å². The topological polar surface area (TPSA) is 77.0 Å². The van der Waals surface area contributed by atoms with Crippen molar-refractivity contribution in [3.05, 3.63) is 11.6 Å². The summed E-state index contributed by atoms with van der Waals surface area (Å²) in [5.74, 6) is 2.49. The molecule has 8 heteroatoms. The smallest absolute Gasteiger partial charge is 0.227 e. The number of amides is 1. The van der Waals surface area contributed by atoms with Crippen LogP contribution >= 0.6 is 24.8 Å². The Morgan fingerprint density at radius 3 is 2.58 bits per heavy atom. The number of carbonyl (C=O) groups is 1. The fourth-order valence-corrected chi connectivity index (χ4v) is 4.38. The average Bonchev–Trinajstić information content (AvgIpc) is 2.84. The third-order valence-electron chi connectivity index (χ3n) is 5.78. The number of piperidine rings is 1. The molecule has 1 aliphatic heterocycles. The van der Waals surface area contributed by atoms with Gasteiger partial charge in [0.25, 0.3) is 0 Å². The lowest BCUT2D eigenvalue weighted by atomic mass is 9.73. The summed E-state index contributed by atoms with van der Waals surface area (Å²) < 4.78 is 1.99. The second kappa shape index (κ2) is 9.38. The molecule has 150 valence electrons. The van der Waals surface area contributed by atoms with E-state index in [9.17, 15) is 4.79 Å². The minimum Gasteiger partial charge on any atom is -0.342 e. The lowest BCUT2D eigenvalue weighted by Crippen LogP contribution is -2.55. The van der Waals surface area contributed by atoms with Gasteiger partial charge in [0.05, 0.1) is 5.92 Å². The van der Waals surface area contributed by atoms with E-state index in [1.807, 2.05) is 18.5 Å². The highest BCUT2D eigenvalue weighted by molar-refractivity contribution is 5.85. The van der Waals surface area contributed by atoms with Crippen molar-refractivity contribution in [3.8, 4) is 0 Å². The summed E-state index contributed by atoms with van der Waals surface area (Å²) in [6, 6.07) is 0. The number of carbonyl (C=O) groups excluding carboxylic acids is 1. The van der Waals surface area contributed by atoms with Gasteiger partial charge in [0, 0.05) is 25.2 Å². The van der Waals surface area contributed by atoms with Crippen molar-refractivity contribution >= 4 is 30.7 Å². The molecule has 2 fully saturated rings. The van der Waals surface area contributed by atoms with Crippen molar-refractivity contribution in [2.24, 2.45) is 17.6 Å². The Hall–Kier alpha value is -0.850. The minimum absolute atomic E-state index is 0. The van der Waals surface area contributed by atoms with Gasteiger partial charge >= 0.3 is 0 Å². The van der Waals surface area contributed by atoms with Crippen molar-refractivity contribution in [3.63, 3.8) is 0 Å². The fraction of sp³-hybridized carbons (Fsp3) is 0.833. The predicted octanol–water partition coefficient (Wildman–Crippen LogP) is 2.88. The van der Waals surface area contributed by atoms with E-state index in [0.29, 0.717) is 5.92 Å². The number of halogens is 2. The Labute approximate surface area is 169 Å². The first-order chi connectivity index (χ1) is 11.4. The zero-order chi connectivity index (χ0) is 17.3. The number of hydrogen-bond donors (Lipinski definition) is 1. The van der Waals surface area contributed by atoms with Gasteiger partial charge in [0.2, 0.25) is 5.91 Å². The quantitative estimate of drug-likeness (QED) is 0.838. The van der Waals surface area contributed by atoms with Crippen LogP contribution in [0.15, 0.2) is 0 Å². The summed E-state index contributed by atoms with van der Waals surface area (Å²) in [6.45, 7) is 8.51. The third kappa shape index (κ3) is 5.11. The molecule has 1 saturated heterocycles. The Bertz CT molecular complexity index is 604. The van der Waals surface area contributed by atoms with Gasteiger partial charge in [-0.1, -0.05) is 12.8 Å². The summed E-state index contributed by atoms with van der Waals surface area (Å²) in [6.07, 6.45) is 6.37. The lowest BCUT2D eigenvalue weighted by molar-refractivity contribution is -0.140. The van der Waals surface area contributed by atoms with Crippen LogP contribution in [-0.4, -0.2) is 44.2 Å². The number of aromatic nitrogens is 3. The van der Waals surface area contributed by atoms with Gasteiger partial charge in [-0.05, 0) is 52.4 Å². The molecule has 3 atom stereocenters. The van der Waals surface area contributed by atoms with Crippen LogP contribution in [0.25, 0.3) is 0 Å². The Kier molecular flexibility index (Phi) is 8.36. The molecule has 0 spiro atoms. The predicted molar refractivity (Wildman–Crippen MR) is 108 cm³/mol. The molecule has 2 heterocycles. The Balaban J connectivity index is 0.00000169. The van der Waals surface area contributed by atoms with Crippen molar-refractivity contribution in [1.82, 2.24) is 19.7 Å². The second-order valence-electron chi connectivity index (χ2n) is 7.99. The van der Waals surface area contributed by atoms with Crippen LogP contribution in [0.4, 0.5) is 0 Å². The largest absolute Gasteiger partial charge is 0.342 e. The zero-order valence-electron chi connectivity index (χ0n) is 16.1. The van der Waals surface area contributed by atoms with Crippen molar-refractivity contribution in [2.75, 3.05) is 13.1 Å². The Morgan fingerprint density at radius 2 is 1.96 bits per heavy atom. The maximum atomic E-state index is 13.0. The summed E-state index contributed by atoms with van der Waals surface area (Å²) in [5, 5.41) is 4.47. The van der Waals surface area contributed by atoms with E-state index in [1.54, 1.807) is 0 Å². The SMILES string of the molecule is Cc1nc(C)n(CC2CCCN(C(=O)C3CCCCC3(C)N)C2)n1.Cl.Cl. The number of nitrogens with zero attached hydrogens (tertiary/aromatic N) is 4. The summed E-state index contributed by atoms with van der Waals surface area (Å²) >= 11 is 0. The monoisotopic (exact) mass is 405 g/mol. The molecular weight excluding hydrogens is 373 g/mol. The number of rotatable bonds is 3. The second-order valence-corrected chi connectivity index (χ2v) is 7.99. The molecule has 1 amide bonds. The number of nitrogens with two attached hydrogens (primary N) is 1. The molecule has 3 unspecified atom stereocenters. The summed E-state index contributed by atoms with van der Waals surface area (Å²) in [5.41, 5.74) is 6.10. The van der Waals surface area contributed by atoms with Crippen LogP contribution in [-0.2, 0) is 11.3 Å². The molecule has 1 aromatic heterocycles. The molecule has 2 N–H and O–H groups in total. The highest BCUT2D eigenvalue weighted by atomic mass is 35.5. The lowest BCUT2D eigenvalue weighted by Gasteiger charge is -2.42. The normalized spacial score (nSPS) is 28.8. The maximum absolute atomic E-state index is 13.0. The van der Waals surface area contributed by atoms with E-state index >= 15 is 0 Å². The summed E-state index contributed by atoms with van der Waals surface area (Å²) in [7, 11) is 0. The molecule has 1 aromatic rings. The molecule has 1 aliphatic carbocycles. The van der Waals surface area contributed by atoms with Gasteiger partial charge in [0.1, 0.15) is 11.6 Å². The van der Waals surface area contributed by atoms with Crippen LogP contribution in [0.5, 0.6) is 0 Å². The van der Waals surface area contributed by atoms with Gasteiger partial charge in [-0.2, -0.15) is 5.10 Å². The van der Waals surface area contributed by atoms with E-state index in [-0.39, 0.29) is 42.2 Å². The van der Waals surface area contributed by atoms with E-state index in [1.165, 1.54) is 0 Å². The van der Waals surface area contributed by atoms with E-state index in [2.05, 4.69) is 21.9 Å².